The van der Waals surface area contributed by atoms with Crippen molar-refractivity contribution < 1.29 is 14.6 Å². The zero-order valence-corrected chi connectivity index (χ0v) is 13.5. The molecule has 4 heteroatoms. The molecule has 0 amide bonds. The van der Waals surface area contributed by atoms with E-state index in [1.165, 1.54) is 0 Å². The van der Waals surface area contributed by atoms with Gasteiger partial charge in [-0.15, -0.1) is 0 Å². The Bertz CT molecular complexity index is 626. The summed E-state index contributed by atoms with van der Waals surface area (Å²) >= 11 is 0. The number of aliphatic carboxylic acids is 1. The first kappa shape index (κ1) is 17.0. The predicted molar refractivity (Wildman–Crippen MR) is 90.6 cm³/mol. The van der Waals surface area contributed by atoms with Crippen molar-refractivity contribution in [2.75, 3.05) is 0 Å². The molecule has 0 fully saturated rings. The highest BCUT2D eigenvalue weighted by Crippen LogP contribution is 2.15. The largest absolute Gasteiger partial charge is 0.491 e. The first-order chi connectivity index (χ1) is 11.0. The Morgan fingerprint density at radius 1 is 1.09 bits per heavy atom. The number of benzene rings is 2. The number of carbonyl (C=O) groups is 1. The van der Waals surface area contributed by atoms with Crippen LogP contribution in [0.5, 0.6) is 5.75 Å². The van der Waals surface area contributed by atoms with Gasteiger partial charge in [0.2, 0.25) is 0 Å². The third-order valence-corrected chi connectivity index (χ3v) is 3.40. The third kappa shape index (κ3) is 5.75. The van der Waals surface area contributed by atoms with Crippen LogP contribution in [0.2, 0.25) is 0 Å². The summed E-state index contributed by atoms with van der Waals surface area (Å²) < 4.78 is 5.66. The van der Waals surface area contributed by atoms with Crippen LogP contribution in [0, 0.1) is 0 Å². The molecule has 0 saturated heterocycles. The Kier molecular flexibility index (Phi) is 6.18. The first-order valence-electron chi connectivity index (χ1n) is 7.80. The van der Waals surface area contributed by atoms with Crippen molar-refractivity contribution in [2.45, 2.75) is 39.0 Å². The molecule has 122 valence electrons. The average molecular weight is 313 g/mol. The van der Waals surface area contributed by atoms with E-state index in [1.54, 1.807) is 0 Å². The smallest absolute Gasteiger partial charge is 0.321 e. The van der Waals surface area contributed by atoms with E-state index in [4.69, 9.17) is 4.74 Å². The molecule has 2 aromatic rings. The summed E-state index contributed by atoms with van der Waals surface area (Å²) in [6.45, 7) is 4.44. The fourth-order valence-electron chi connectivity index (χ4n) is 2.34. The number of carboxylic acid groups (broad SMARTS) is 1. The van der Waals surface area contributed by atoms with Crippen molar-refractivity contribution in [3.05, 3.63) is 65.7 Å². The summed E-state index contributed by atoms with van der Waals surface area (Å²) in [6, 6.07) is 16.7. The molecule has 0 aliphatic rings. The third-order valence-electron chi connectivity index (χ3n) is 3.40. The van der Waals surface area contributed by atoms with E-state index in [-0.39, 0.29) is 6.10 Å². The Morgan fingerprint density at radius 2 is 1.78 bits per heavy atom. The van der Waals surface area contributed by atoms with Crippen molar-refractivity contribution in [2.24, 2.45) is 0 Å². The molecule has 0 aliphatic carbocycles. The highest BCUT2D eigenvalue weighted by molar-refractivity contribution is 5.73. The number of rotatable bonds is 8. The maximum atomic E-state index is 11.5. The number of hydrogen-bond donors (Lipinski definition) is 2. The van der Waals surface area contributed by atoms with Crippen LogP contribution in [0.4, 0.5) is 0 Å². The molecule has 1 atom stereocenters. The van der Waals surface area contributed by atoms with Crippen LogP contribution in [-0.2, 0) is 17.8 Å². The minimum atomic E-state index is -0.844. The van der Waals surface area contributed by atoms with Gasteiger partial charge < -0.3 is 15.2 Å². The molecule has 0 radical (unpaired) electrons. The fourth-order valence-corrected chi connectivity index (χ4v) is 2.34. The number of nitrogens with one attached hydrogen (secondary N) is 1. The van der Waals surface area contributed by atoms with Gasteiger partial charge in [0.05, 0.1) is 6.10 Å². The van der Waals surface area contributed by atoms with E-state index in [1.807, 2.05) is 68.4 Å². The van der Waals surface area contributed by atoms with Gasteiger partial charge in [-0.1, -0.05) is 42.5 Å². The van der Waals surface area contributed by atoms with Crippen LogP contribution in [0.3, 0.4) is 0 Å². The Hall–Kier alpha value is -2.33. The Balaban J connectivity index is 1.97. The van der Waals surface area contributed by atoms with E-state index in [9.17, 15) is 9.90 Å². The standard InChI is InChI=1S/C19H23NO3/c1-14(2)23-17-10-6-9-16(11-17)13-20-18(19(21)22)12-15-7-4-3-5-8-15/h3-11,14,18,20H,12-13H2,1-2H3,(H,21,22)/t18-/m1/s1. The lowest BCUT2D eigenvalue weighted by Gasteiger charge is -2.15. The predicted octanol–water partition coefficient (Wildman–Crippen LogP) is 3.26. The van der Waals surface area contributed by atoms with Crippen molar-refractivity contribution >= 4 is 5.97 Å². The van der Waals surface area contributed by atoms with Gasteiger partial charge in [0.25, 0.3) is 0 Å². The molecular formula is C19H23NO3. The lowest BCUT2D eigenvalue weighted by atomic mass is 10.1. The SMILES string of the molecule is CC(C)Oc1cccc(CN[C@H](Cc2ccccc2)C(=O)O)c1. The quantitative estimate of drug-likeness (QED) is 0.785. The van der Waals surface area contributed by atoms with Crippen molar-refractivity contribution in [3.63, 3.8) is 0 Å². The number of hydrogen-bond acceptors (Lipinski definition) is 3. The van der Waals surface area contributed by atoms with E-state index in [0.717, 1.165) is 16.9 Å². The second-order valence-corrected chi connectivity index (χ2v) is 5.78. The van der Waals surface area contributed by atoms with E-state index in [0.29, 0.717) is 13.0 Å². The van der Waals surface area contributed by atoms with Gasteiger partial charge in [0, 0.05) is 6.54 Å². The van der Waals surface area contributed by atoms with Gasteiger partial charge >= 0.3 is 5.97 Å². The maximum absolute atomic E-state index is 11.5. The van der Waals surface area contributed by atoms with E-state index >= 15 is 0 Å². The monoisotopic (exact) mass is 313 g/mol. The van der Waals surface area contributed by atoms with Crippen LogP contribution in [-0.4, -0.2) is 23.2 Å². The molecule has 0 heterocycles. The van der Waals surface area contributed by atoms with Crippen LogP contribution in [0.25, 0.3) is 0 Å². The molecule has 0 unspecified atom stereocenters. The van der Waals surface area contributed by atoms with Gasteiger partial charge in [-0.2, -0.15) is 0 Å². The summed E-state index contributed by atoms with van der Waals surface area (Å²) in [5.41, 5.74) is 2.01. The molecule has 2 rings (SSSR count). The van der Waals surface area contributed by atoms with Gasteiger partial charge in [-0.05, 0) is 43.5 Å². The van der Waals surface area contributed by atoms with Crippen molar-refractivity contribution in [3.8, 4) is 5.75 Å². The van der Waals surface area contributed by atoms with Gasteiger partial charge in [-0.3, -0.25) is 4.79 Å². The molecule has 4 nitrogen and oxygen atoms in total. The molecule has 0 aromatic heterocycles. The molecule has 2 aromatic carbocycles. The maximum Gasteiger partial charge on any atom is 0.321 e. The topological polar surface area (TPSA) is 58.6 Å². The second kappa shape index (κ2) is 8.34. The van der Waals surface area contributed by atoms with Crippen LogP contribution < -0.4 is 10.1 Å². The highest BCUT2D eigenvalue weighted by atomic mass is 16.5. The van der Waals surface area contributed by atoms with Crippen LogP contribution in [0.15, 0.2) is 54.6 Å². The van der Waals surface area contributed by atoms with Gasteiger partial charge in [0.15, 0.2) is 0 Å². The number of carboxylic acids is 1. The molecule has 0 bridgehead atoms. The van der Waals surface area contributed by atoms with Crippen molar-refractivity contribution in [1.29, 1.82) is 0 Å². The first-order valence-corrected chi connectivity index (χ1v) is 7.80. The number of ether oxygens (including phenoxy) is 1. The van der Waals surface area contributed by atoms with E-state index < -0.39 is 12.0 Å². The lowest BCUT2D eigenvalue weighted by molar-refractivity contribution is -0.139. The molecule has 0 saturated carbocycles. The minimum Gasteiger partial charge on any atom is -0.491 e. The Labute approximate surface area is 137 Å². The average Bonchev–Trinajstić information content (AvgIpc) is 2.52. The molecule has 0 aliphatic heterocycles. The molecule has 23 heavy (non-hydrogen) atoms. The summed E-state index contributed by atoms with van der Waals surface area (Å²) in [4.78, 5) is 11.5. The fraction of sp³-hybridized carbons (Fsp3) is 0.316. The van der Waals surface area contributed by atoms with E-state index in [2.05, 4.69) is 5.32 Å². The molecular weight excluding hydrogens is 290 g/mol. The zero-order chi connectivity index (χ0) is 16.7. The highest BCUT2D eigenvalue weighted by Gasteiger charge is 2.17. The van der Waals surface area contributed by atoms with Gasteiger partial charge in [-0.25, -0.2) is 0 Å². The Morgan fingerprint density at radius 3 is 2.43 bits per heavy atom. The van der Waals surface area contributed by atoms with Crippen molar-refractivity contribution in [1.82, 2.24) is 5.32 Å². The molecule has 2 N–H and O–H groups in total. The summed E-state index contributed by atoms with van der Waals surface area (Å²) in [5, 5.41) is 12.5. The zero-order valence-electron chi connectivity index (χ0n) is 13.5. The summed E-state index contributed by atoms with van der Waals surface area (Å²) in [5.74, 6) is -0.0438. The summed E-state index contributed by atoms with van der Waals surface area (Å²) in [7, 11) is 0. The summed E-state index contributed by atoms with van der Waals surface area (Å²) in [6.07, 6.45) is 0.571. The van der Waals surface area contributed by atoms with Crippen LogP contribution in [0.1, 0.15) is 25.0 Å². The minimum absolute atomic E-state index is 0.114. The normalized spacial score (nSPS) is 12.1. The molecule has 0 spiro atoms. The van der Waals surface area contributed by atoms with Gasteiger partial charge in [0.1, 0.15) is 11.8 Å². The second-order valence-electron chi connectivity index (χ2n) is 5.78. The van der Waals surface area contributed by atoms with Crippen LogP contribution >= 0.6 is 0 Å². The lowest BCUT2D eigenvalue weighted by Crippen LogP contribution is -2.38.